The van der Waals surface area contributed by atoms with Gasteiger partial charge in [0.05, 0.1) is 6.54 Å². The number of hydrogen-bond donors (Lipinski definition) is 2. The van der Waals surface area contributed by atoms with Crippen LogP contribution in [0.25, 0.3) is 0 Å². The molecule has 0 bridgehead atoms. The normalized spacial score (nSPS) is 27.4. The lowest BCUT2D eigenvalue weighted by Gasteiger charge is -2.23. The molecule has 2 N–H and O–H groups in total. The molecular formula is C11H22N2O2S. The predicted octanol–water partition coefficient (Wildman–Crippen LogP) is 0.402. The predicted molar refractivity (Wildman–Crippen MR) is 66.8 cm³/mol. The smallest absolute Gasteiger partial charge is 0.234 e. The van der Waals surface area contributed by atoms with Crippen molar-refractivity contribution < 1.29 is 9.00 Å². The molecule has 0 radical (unpaired) electrons. The summed E-state index contributed by atoms with van der Waals surface area (Å²) in [7, 11) is -0.655. The van der Waals surface area contributed by atoms with E-state index >= 15 is 0 Å². The molecule has 1 atom stereocenters. The molecule has 94 valence electrons. The largest absolute Gasteiger partial charge is 0.352 e. The Morgan fingerprint density at radius 3 is 2.62 bits per heavy atom. The molecule has 0 spiro atoms. The third-order valence-corrected chi connectivity index (χ3v) is 4.36. The topological polar surface area (TPSA) is 58.2 Å². The first-order chi connectivity index (χ1) is 7.61. The van der Waals surface area contributed by atoms with Crippen molar-refractivity contribution in [2.75, 3.05) is 18.1 Å². The lowest BCUT2D eigenvalue weighted by Crippen LogP contribution is -2.44. The third-order valence-electron chi connectivity index (χ3n) is 2.98. The van der Waals surface area contributed by atoms with Crippen molar-refractivity contribution in [1.82, 2.24) is 10.6 Å². The summed E-state index contributed by atoms with van der Waals surface area (Å²) in [5, 5.41) is 6.14. The summed E-state index contributed by atoms with van der Waals surface area (Å²) in [6, 6.07) is 0.605. The highest BCUT2D eigenvalue weighted by Crippen LogP contribution is 2.08. The summed E-state index contributed by atoms with van der Waals surface area (Å²) in [5.74, 6) is 1.51. The fraction of sp³-hybridized carbons (Fsp3) is 0.909. The van der Waals surface area contributed by atoms with Crippen molar-refractivity contribution in [2.45, 2.75) is 45.2 Å². The molecule has 1 heterocycles. The number of carbonyl (C=O) groups is 1. The molecule has 0 aromatic heterocycles. The zero-order valence-corrected chi connectivity index (χ0v) is 10.9. The van der Waals surface area contributed by atoms with E-state index in [0.29, 0.717) is 12.6 Å². The fourth-order valence-corrected chi connectivity index (χ4v) is 2.93. The molecule has 4 nitrogen and oxygen atoms in total. The van der Waals surface area contributed by atoms with Gasteiger partial charge in [-0.15, -0.1) is 0 Å². The van der Waals surface area contributed by atoms with E-state index in [-0.39, 0.29) is 11.9 Å². The fourth-order valence-electron chi connectivity index (χ4n) is 1.63. The zero-order chi connectivity index (χ0) is 12.0. The van der Waals surface area contributed by atoms with E-state index in [9.17, 15) is 9.00 Å². The molecule has 5 heteroatoms. The minimum Gasteiger partial charge on any atom is -0.352 e. The maximum Gasteiger partial charge on any atom is 0.234 e. The molecular weight excluding hydrogens is 224 g/mol. The Morgan fingerprint density at radius 1 is 1.44 bits per heavy atom. The molecule has 16 heavy (non-hydrogen) atoms. The van der Waals surface area contributed by atoms with Crippen LogP contribution in [-0.4, -0.2) is 40.3 Å². The summed E-state index contributed by atoms with van der Waals surface area (Å²) in [4.78, 5) is 11.6. The molecule has 0 aromatic carbocycles. The van der Waals surface area contributed by atoms with Crippen molar-refractivity contribution in [1.29, 1.82) is 0 Å². The Kier molecular flexibility index (Phi) is 5.98. The number of amides is 1. The van der Waals surface area contributed by atoms with E-state index in [4.69, 9.17) is 0 Å². The van der Waals surface area contributed by atoms with Crippen LogP contribution in [0, 0.1) is 0 Å². The number of carbonyl (C=O) groups excluding carboxylic acids is 1. The monoisotopic (exact) mass is 246 g/mol. The van der Waals surface area contributed by atoms with Crippen LogP contribution in [0.5, 0.6) is 0 Å². The van der Waals surface area contributed by atoms with Gasteiger partial charge in [0.2, 0.25) is 5.91 Å². The first-order valence-corrected chi connectivity index (χ1v) is 7.48. The molecule has 1 fully saturated rings. The number of rotatable bonds is 5. The standard InChI is InChI=1S/C11H22N2O2S/c1-3-9(2)12-8-11(14)13-10-4-6-16(15)7-5-10/h9-10,12H,3-8H2,1-2H3,(H,13,14). The first-order valence-electron chi connectivity index (χ1n) is 5.99. The van der Waals surface area contributed by atoms with E-state index in [0.717, 1.165) is 30.8 Å². The van der Waals surface area contributed by atoms with Crippen molar-refractivity contribution in [3.8, 4) is 0 Å². The highest BCUT2D eigenvalue weighted by Gasteiger charge is 2.19. The third kappa shape index (κ3) is 5.07. The van der Waals surface area contributed by atoms with Crippen LogP contribution in [0.15, 0.2) is 0 Å². The molecule has 1 saturated heterocycles. The van der Waals surface area contributed by atoms with Crippen LogP contribution < -0.4 is 10.6 Å². The Labute approximate surface area is 100 Å². The molecule has 0 aromatic rings. The molecule has 1 unspecified atom stereocenters. The molecule has 1 rings (SSSR count). The maximum absolute atomic E-state index is 11.6. The van der Waals surface area contributed by atoms with E-state index in [1.165, 1.54) is 0 Å². The van der Waals surface area contributed by atoms with Gasteiger partial charge in [-0.05, 0) is 26.2 Å². The maximum atomic E-state index is 11.6. The van der Waals surface area contributed by atoms with E-state index in [1.807, 2.05) is 0 Å². The minimum absolute atomic E-state index is 0.0537. The Morgan fingerprint density at radius 2 is 2.06 bits per heavy atom. The zero-order valence-electron chi connectivity index (χ0n) is 10.1. The SMILES string of the molecule is CCC(C)NCC(=O)NC1CCS(=O)CC1. The second-order valence-electron chi connectivity index (χ2n) is 4.38. The highest BCUT2D eigenvalue weighted by molar-refractivity contribution is 7.85. The average molecular weight is 246 g/mol. The Hall–Kier alpha value is -0.420. The number of hydrogen-bond acceptors (Lipinski definition) is 3. The summed E-state index contributed by atoms with van der Waals surface area (Å²) in [6.07, 6.45) is 2.72. The van der Waals surface area contributed by atoms with Crippen LogP contribution in [0.1, 0.15) is 33.1 Å². The summed E-state index contributed by atoms with van der Waals surface area (Å²) in [5.41, 5.74) is 0. The average Bonchev–Trinajstić information content (AvgIpc) is 2.29. The second-order valence-corrected chi connectivity index (χ2v) is 6.08. The van der Waals surface area contributed by atoms with Gasteiger partial charge < -0.3 is 10.6 Å². The van der Waals surface area contributed by atoms with Crippen LogP contribution in [-0.2, 0) is 15.6 Å². The molecule has 0 saturated carbocycles. The van der Waals surface area contributed by atoms with Crippen molar-refractivity contribution in [3.05, 3.63) is 0 Å². The van der Waals surface area contributed by atoms with E-state index in [2.05, 4.69) is 24.5 Å². The van der Waals surface area contributed by atoms with Crippen LogP contribution in [0.2, 0.25) is 0 Å². The van der Waals surface area contributed by atoms with Gasteiger partial charge in [-0.1, -0.05) is 6.92 Å². The van der Waals surface area contributed by atoms with E-state index < -0.39 is 10.8 Å². The molecule has 0 aliphatic carbocycles. The van der Waals surface area contributed by atoms with Gasteiger partial charge in [0.25, 0.3) is 0 Å². The van der Waals surface area contributed by atoms with Crippen molar-refractivity contribution in [2.24, 2.45) is 0 Å². The summed E-state index contributed by atoms with van der Waals surface area (Å²) in [6.45, 7) is 4.54. The van der Waals surface area contributed by atoms with Gasteiger partial charge >= 0.3 is 0 Å². The van der Waals surface area contributed by atoms with Crippen LogP contribution in [0.3, 0.4) is 0 Å². The lowest BCUT2D eigenvalue weighted by molar-refractivity contribution is -0.121. The van der Waals surface area contributed by atoms with Crippen molar-refractivity contribution in [3.63, 3.8) is 0 Å². The lowest BCUT2D eigenvalue weighted by atomic mass is 10.1. The van der Waals surface area contributed by atoms with Gasteiger partial charge in [0.15, 0.2) is 0 Å². The van der Waals surface area contributed by atoms with Crippen LogP contribution in [0.4, 0.5) is 0 Å². The van der Waals surface area contributed by atoms with Gasteiger partial charge in [0, 0.05) is 34.4 Å². The van der Waals surface area contributed by atoms with Gasteiger partial charge in [-0.25, -0.2) is 0 Å². The quantitative estimate of drug-likeness (QED) is 0.738. The Balaban J connectivity index is 2.16. The minimum atomic E-state index is -0.655. The molecule has 1 aliphatic heterocycles. The summed E-state index contributed by atoms with van der Waals surface area (Å²) < 4.78 is 11.1. The summed E-state index contributed by atoms with van der Waals surface area (Å²) >= 11 is 0. The van der Waals surface area contributed by atoms with E-state index in [1.54, 1.807) is 0 Å². The first kappa shape index (κ1) is 13.6. The highest BCUT2D eigenvalue weighted by atomic mass is 32.2. The molecule has 1 aliphatic rings. The second kappa shape index (κ2) is 7.01. The number of nitrogens with one attached hydrogen (secondary N) is 2. The van der Waals surface area contributed by atoms with Gasteiger partial charge in [-0.3, -0.25) is 9.00 Å². The molecule has 1 amide bonds. The van der Waals surface area contributed by atoms with Gasteiger partial charge in [0.1, 0.15) is 0 Å². The van der Waals surface area contributed by atoms with Crippen molar-refractivity contribution >= 4 is 16.7 Å². The van der Waals surface area contributed by atoms with Gasteiger partial charge in [-0.2, -0.15) is 0 Å². The van der Waals surface area contributed by atoms with Crippen LogP contribution >= 0.6 is 0 Å². The Bertz CT molecular complexity index is 248.